The highest BCUT2D eigenvalue weighted by Gasteiger charge is 2.28. The van der Waals surface area contributed by atoms with Crippen LogP contribution in [0.5, 0.6) is 0 Å². The molecule has 2 N–H and O–H groups in total. The minimum Gasteiger partial charge on any atom is -0.374 e. The highest BCUT2D eigenvalue weighted by atomic mass is 32.2. The lowest BCUT2D eigenvalue weighted by atomic mass is 10.3. The van der Waals surface area contributed by atoms with E-state index in [1.807, 2.05) is 18.2 Å². The van der Waals surface area contributed by atoms with Crippen molar-refractivity contribution in [3.8, 4) is 0 Å². The third kappa shape index (κ3) is 3.97. The first-order chi connectivity index (χ1) is 9.12. The Bertz CT molecular complexity index is 492. The zero-order chi connectivity index (χ0) is 13.7. The number of morpholine rings is 1. The van der Waals surface area contributed by atoms with E-state index in [2.05, 4.69) is 4.98 Å². The molecule has 19 heavy (non-hydrogen) atoms. The monoisotopic (exact) mass is 285 g/mol. The lowest BCUT2D eigenvalue weighted by Crippen LogP contribution is -2.48. The first-order valence-corrected chi connectivity index (χ1v) is 7.92. The fraction of sp³-hybridized carbons (Fsp3) is 0.583. The van der Waals surface area contributed by atoms with Crippen molar-refractivity contribution in [2.24, 2.45) is 5.73 Å². The van der Waals surface area contributed by atoms with Gasteiger partial charge in [0.15, 0.2) is 0 Å². The Balaban J connectivity index is 1.94. The molecule has 1 saturated heterocycles. The highest BCUT2D eigenvalue weighted by molar-refractivity contribution is 7.89. The minimum atomic E-state index is -3.27. The lowest BCUT2D eigenvalue weighted by Gasteiger charge is -2.31. The predicted octanol–water partition coefficient (Wildman–Crippen LogP) is -0.387. The molecule has 106 valence electrons. The Kier molecular flexibility index (Phi) is 4.87. The molecule has 1 fully saturated rings. The van der Waals surface area contributed by atoms with Crippen molar-refractivity contribution in [3.63, 3.8) is 0 Å². The second kappa shape index (κ2) is 6.42. The number of hydrogen-bond donors (Lipinski definition) is 1. The first-order valence-electron chi connectivity index (χ1n) is 6.31. The molecule has 1 aromatic heterocycles. The van der Waals surface area contributed by atoms with Crippen molar-refractivity contribution in [2.45, 2.75) is 12.5 Å². The van der Waals surface area contributed by atoms with Gasteiger partial charge in [-0.15, -0.1) is 0 Å². The molecule has 6 nitrogen and oxygen atoms in total. The van der Waals surface area contributed by atoms with Crippen LogP contribution in [0.1, 0.15) is 5.69 Å². The van der Waals surface area contributed by atoms with Gasteiger partial charge in [-0.2, -0.15) is 4.31 Å². The molecule has 7 heteroatoms. The highest BCUT2D eigenvalue weighted by Crippen LogP contribution is 2.11. The molecule has 0 spiro atoms. The van der Waals surface area contributed by atoms with Crippen molar-refractivity contribution in [3.05, 3.63) is 30.1 Å². The number of hydrogen-bond acceptors (Lipinski definition) is 5. The maximum absolute atomic E-state index is 12.2. The summed E-state index contributed by atoms with van der Waals surface area (Å²) in [6, 6.07) is 5.50. The van der Waals surface area contributed by atoms with E-state index in [0.29, 0.717) is 32.7 Å². The summed E-state index contributed by atoms with van der Waals surface area (Å²) < 4.78 is 31.3. The fourth-order valence-electron chi connectivity index (χ4n) is 2.00. The minimum absolute atomic E-state index is 0.0707. The van der Waals surface area contributed by atoms with Crippen LogP contribution in [-0.4, -0.2) is 55.8 Å². The summed E-state index contributed by atoms with van der Waals surface area (Å²) in [5.74, 6) is 0.0707. The normalized spacial score (nSPS) is 21.4. The zero-order valence-corrected chi connectivity index (χ0v) is 11.6. The Hall–Kier alpha value is -1.02. The molecule has 0 aliphatic carbocycles. The van der Waals surface area contributed by atoms with Crippen LogP contribution in [0.15, 0.2) is 24.4 Å². The third-order valence-electron chi connectivity index (χ3n) is 3.10. The van der Waals surface area contributed by atoms with E-state index in [-0.39, 0.29) is 11.9 Å². The van der Waals surface area contributed by atoms with Gasteiger partial charge in [-0.05, 0) is 12.1 Å². The topological polar surface area (TPSA) is 85.5 Å². The maximum atomic E-state index is 12.2. The molecule has 1 aliphatic rings. The van der Waals surface area contributed by atoms with Crippen molar-refractivity contribution in [2.75, 3.05) is 32.0 Å². The number of nitrogens with zero attached hydrogens (tertiary/aromatic N) is 2. The molecule has 1 aromatic rings. The SMILES string of the molecule is NCC1CN(S(=O)(=O)CCc2ccccn2)CCO1. The van der Waals surface area contributed by atoms with Crippen molar-refractivity contribution in [1.29, 1.82) is 0 Å². The molecule has 0 aromatic carbocycles. The number of ether oxygens (including phenoxy) is 1. The van der Waals surface area contributed by atoms with Crippen LogP contribution in [0.4, 0.5) is 0 Å². The summed E-state index contributed by atoms with van der Waals surface area (Å²) in [5.41, 5.74) is 6.30. The molecule has 1 aliphatic heterocycles. The number of sulfonamides is 1. The number of nitrogens with two attached hydrogens (primary N) is 1. The summed E-state index contributed by atoms with van der Waals surface area (Å²) in [7, 11) is -3.27. The predicted molar refractivity (Wildman–Crippen MR) is 72.1 cm³/mol. The van der Waals surface area contributed by atoms with Gasteiger partial charge in [-0.3, -0.25) is 4.98 Å². The average Bonchev–Trinajstić information content (AvgIpc) is 2.46. The summed E-state index contributed by atoms with van der Waals surface area (Å²) in [4.78, 5) is 4.13. The van der Waals surface area contributed by atoms with Crippen LogP contribution < -0.4 is 5.73 Å². The number of rotatable bonds is 5. The van der Waals surface area contributed by atoms with Gasteiger partial charge in [-0.25, -0.2) is 8.42 Å². The van der Waals surface area contributed by atoms with Gasteiger partial charge in [0.05, 0.1) is 18.5 Å². The van der Waals surface area contributed by atoms with Gasteiger partial charge < -0.3 is 10.5 Å². The van der Waals surface area contributed by atoms with Crippen molar-refractivity contribution >= 4 is 10.0 Å². The Morgan fingerprint density at radius 3 is 3.00 bits per heavy atom. The van der Waals surface area contributed by atoms with Crippen LogP contribution in [0.3, 0.4) is 0 Å². The van der Waals surface area contributed by atoms with Gasteiger partial charge in [0.1, 0.15) is 0 Å². The van der Waals surface area contributed by atoms with E-state index >= 15 is 0 Å². The summed E-state index contributed by atoms with van der Waals surface area (Å²) in [6.45, 7) is 1.50. The first kappa shape index (κ1) is 14.4. The molecule has 0 bridgehead atoms. The largest absolute Gasteiger partial charge is 0.374 e. The van der Waals surface area contributed by atoms with E-state index in [4.69, 9.17) is 10.5 Å². The summed E-state index contributed by atoms with van der Waals surface area (Å²) >= 11 is 0. The van der Waals surface area contributed by atoms with Crippen LogP contribution in [-0.2, 0) is 21.2 Å². The van der Waals surface area contributed by atoms with E-state index < -0.39 is 10.0 Å². The number of aryl methyl sites for hydroxylation is 1. The Labute approximate surface area is 113 Å². The van der Waals surface area contributed by atoms with Crippen LogP contribution in [0.25, 0.3) is 0 Å². The van der Waals surface area contributed by atoms with Crippen LogP contribution in [0.2, 0.25) is 0 Å². The Morgan fingerprint density at radius 2 is 2.32 bits per heavy atom. The average molecular weight is 285 g/mol. The van der Waals surface area contributed by atoms with Gasteiger partial charge in [0.25, 0.3) is 0 Å². The molecule has 0 saturated carbocycles. The summed E-state index contributed by atoms with van der Waals surface area (Å²) in [5, 5.41) is 0. The van der Waals surface area contributed by atoms with Gasteiger partial charge in [-0.1, -0.05) is 6.07 Å². The molecule has 2 rings (SSSR count). The molecule has 1 atom stereocenters. The fourth-order valence-corrected chi connectivity index (χ4v) is 3.47. The molecule has 0 amide bonds. The van der Waals surface area contributed by atoms with E-state index in [9.17, 15) is 8.42 Å². The second-order valence-electron chi connectivity index (χ2n) is 4.47. The lowest BCUT2D eigenvalue weighted by molar-refractivity contribution is 0.00453. The second-order valence-corrected chi connectivity index (χ2v) is 6.56. The molecule has 0 radical (unpaired) electrons. The molecular weight excluding hydrogens is 266 g/mol. The van der Waals surface area contributed by atoms with E-state index in [1.54, 1.807) is 6.20 Å². The molecule has 1 unspecified atom stereocenters. The van der Waals surface area contributed by atoms with Gasteiger partial charge >= 0.3 is 0 Å². The molecular formula is C12H19N3O3S. The number of pyridine rings is 1. The standard InChI is InChI=1S/C12H19N3O3S/c13-9-12-10-15(6-7-18-12)19(16,17)8-4-11-3-1-2-5-14-11/h1-3,5,12H,4,6-10,13H2. The van der Waals surface area contributed by atoms with Gasteiger partial charge in [0, 0.05) is 37.9 Å². The van der Waals surface area contributed by atoms with Crippen molar-refractivity contribution < 1.29 is 13.2 Å². The van der Waals surface area contributed by atoms with Crippen molar-refractivity contribution in [1.82, 2.24) is 9.29 Å². The van der Waals surface area contributed by atoms with Crippen LogP contribution >= 0.6 is 0 Å². The van der Waals surface area contributed by atoms with Crippen LogP contribution in [0, 0.1) is 0 Å². The zero-order valence-electron chi connectivity index (χ0n) is 10.7. The molecule has 2 heterocycles. The Morgan fingerprint density at radius 1 is 1.47 bits per heavy atom. The van der Waals surface area contributed by atoms with E-state index in [0.717, 1.165) is 5.69 Å². The third-order valence-corrected chi connectivity index (χ3v) is 4.94. The smallest absolute Gasteiger partial charge is 0.214 e. The van der Waals surface area contributed by atoms with E-state index in [1.165, 1.54) is 4.31 Å². The van der Waals surface area contributed by atoms with Gasteiger partial charge in [0.2, 0.25) is 10.0 Å². The summed E-state index contributed by atoms with van der Waals surface area (Å²) in [6.07, 6.45) is 1.90. The maximum Gasteiger partial charge on any atom is 0.214 e. The number of aromatic nitrogens is 1. The quantitative estimate of drug-likeness (QED) is 0.796.